The number of halogens is 3. The summed E-state index contributed by atoms with van der Waals surface area (Å²) in [5.41, 5.74) is 1.65. The van der Waals surface area contributed by atoms with Gasteiger partial charge in [-0.2, -0.15) is 4.98 Å². The molecule has 24 heavy (non-hydrogen) atoms. The van der Waals surface area contributed by atoms with Crippen LogP contribution in [0.4, 0.5) is 17.5 Å². The Morgan fingerprint density at radius 2 is 1.67 bits per heavy atom. The van der Waals surface area contributed by atoms with Crippen molar-refractivity contribution in [2.24, 2.45) is 0 Å². The van der Waals surface area contributed by atoms with E-state index >= 15 is 0 Å². The predicted octanol–water partition coefficient (Wildman–Crippen LogP) is 5.79. The van der Waals surface area contributed by atoms with Gasteiger partial charge in [-0.05, 0) is 29.8 Å². The number of benzene rings is 2. The minimum Gasteiger partial charge on any atom is -0.350 e. The summed E-state index contributed by atoms with van der Waals surface area (Å²) in [4.78, 5) is 8.61. The van der Waals surface area contributed by atoms with E-state index in [9.17, 15) is 0 Å². The van der Waals surface area contributed by atoms with E-state index in [0.29, 0.717) is 39.1 Å². The summed E-state index contributed by atoms with van der Waals surface area (Å²) >= 11 is 18.3. The summed E-state index contributed by atoms with van der Waals surface area (Å²) in [6, 6.07) is 14.7. The summed E-state index contributed by atoms with van der Waals surface area (Å²) in [6.07, 6.45) is 1.66. The van der Waals surface area contributed by atoms with Gasteiger partial charge in [0.2, 0.25) is 5.95 Å². The maximum Gasteiger partial charge on any atom is 0.224 e. The van der Waals surface area contributed by atoms with E-state index in [1.807, 2.05) is 36.4 Å². The Labute approximate surface area is 154 Å². The molecule has 2 N–H and O–H groups in total. The van der Waals surface area contributed by atoms with Gasteiger partial charge in [0.05, 0.1) is 15.7 Å². The van der Waals surface area contributed by atoms with Crippen LogP contribution in [-0.2, 0) is 6.54 Å². The number of nitrogens with one attached hydrogen (secondary N) is 2. The van der Waals surface area contributed by atoms with Gasteiger partial charge in [0.1, 0.15) is 5.82 Å². The number of nitrogens with zero attached hydrogens (tertiary/aromatic N) is 2. The van der Waals surface area contributed by atoms with E-state index in [-0.39, 0.29) is 0 Å². The van der Waals surface area contributed by atoms with Crippen molar-refractivity contribution in [3.8, 4) is 0 Å². The number of anilines is 3. The number of aromatic nitrogens is 2. The third kappa shape index (κ3) is 4.09. The molecule has 0 radical (unpaired) electrons. The fourth-order valence-electron chi connectivity index (χ4n) is 2.07. The van der Waals surface area contributed by atoms with Crippen LogP contribution in [0.1, 0.15) is 5.56 Å². The second-order valence-corrected chi connectivity index (χ2v) is 6.13. The Hall–Kier alpha value is -2.01. The molecule has 0 amide bonds. The van der Waals surface area contributed by atoms with Crippen molar-refractivity contribution >= 4 is 52.3 Å². The minimum absolute atomic E-state index is 0.448. The second kappa shape index (κ2) is 7.71. The van der Waals surface area contributed by atoms with Gasteiger partial charge >= 0.3 is 0 Å². The lowest BCUT2D eigenvalue weighted by molar-refractivity contribution is 1.06. The Bertz CT molecular complexity index is 855. The first-order valence-electron chi connectivity index (χ1n) is 7.15. The van der Waals surface area contributed by atoms with E-state index in [2.05, 4.69) is 20.6 Å². The van der Waals surface area contributed by atoms with Crippen LogP contribution >= 0.6 is 34.8 Å². The third-order valence-corrected chi connectivity index (χ3v) is 4.45. The minimum atomic E-state index is 0.448. The van der Waals surface area contributed by atoms with Crippen LogP contribution in [0.25, 0.3) is 0 Å². The zero-order valence-electron chi connectivity index (χ0n) is 12.4. The molecule has 0 aliphatic heterocycles. The van der Waals surface area contributed by atoms with Crippen molar-refractivity contribution in [2.75, 3.05) is 10.6 Å². The van der Waals surface area contributed by atoms with Crippen molar-refractivity contribution < 1.29 is 0 Å². The Morgan fingerprint density at radius 3 is 2.50 bits per heavy atom. The number of hydrogen-bond donors (Lipinski definition) is 2. The average molecular weight is 380 g/mol. The first-order chi connectivity index (χ1) is 11.6. The lowest BCUT2D eigenvalue weighted by atomic mass is 10.2. The summed E-state index contributed by atoms with van der Waals surface area (Å²) in [7, 11) is 0. The molecular formula is C17H13Cl3N4. The molecule has 2 aromatic carbocycles. The molecule has 1 aromatic heterocycles. The number of hydrogen-bond acceptors (Lipinski definition) is 4. The first kappa shape index (κ1) is 16.8. The SMILES string of the molecule is Clc1ccccc1CNc1nccc(Nc2cccc(Cl)c2Cl)n1. The average Bonchev–Trinajstić information content (AvgIpc) is 2.59. The highest BCUT2D eigenvalue weighted by Gasteiger charge is 2.06. The zero-order valence-corrected chi connectivity index (χ0v) is 14.7. The fraction of sp³-hybridized carbons (Fsp3) is 0.0588. The molecule has 4 nitrogen and oxygen atoms in total. The quantitative estimate of drug-likeness (QED) is 0.589. The molecule has 7 heteroatoms. The zero-order chi connectivity index (χ0) is 16.9. The maximum atomic E-state index is 6.17. The highest BCUT2D eigenvalue weighted by atomic mass is 35.5. The molecule has 0 saturated heterocycles. The van der Waals surface area contributed by atoms with Gasteiger partial charge in [0.15, 0.2) is 0 Å². The van der Waals surface area contributed by atoms with Crippen LogP contribution in [0.5, 0.6) is 0 Å². The summed E-state index contributed by atoms with van der Waals surface area (Å²) in [5, 5.41) is 7.90. The molecular weight excluding hydrogens is 367 g/mol. The fourth-order valence-corrected chi connectivity index (χ4v) is 2.62. The lowest BCUT2D eigenvalue weighted by Gasteiger charge is -2.10. The van der Waals surface area contributed by atoms with E-state index in [1.165, 1.54) is 0 Å². The maximum absolute atomic E-state index is 6.17. The molecule has 0 spiro atoms. The largest absolute Gasteiger partial charge is 0.350 e. The molecule has 3 aromatic rings. The van der Waals surface area contributed by atoms with Gasteiger partial charge in [-0.1, -0.05) is 59.1 Å². The molecule has 1 heterocycles. The van der Waals surface area contributed by atoms with Crippen LogP contribution in [0.15, 0.2) is 54.7 Å². The summed E-state index contributed by atoms with van der Waals surface area (Å²) < 4.78 is 0. The smallest absolute Gasteiger partial charge is 0.224 e. The van der Waals surface area contributed by atoms with E-state index in [4.69, 9.17) is 34.8 Å². The molecule has 0 fully saturated rings. The molecule has 0 atom stereocenters. The Morgan fingerprint density at radius 1 is 0.875 bits per heavy atom. The Kier molecular flexibility index (Phi) is 5.41. The summed E-state index contributed by atoms with van der Waals surface area (Å²) in [5.74, 6) is 1.09. The molecule has 0 bridgehead atoms. The lowest BCUT2D eigenvalue weighted by Crippen LogP contribution is -2.05. The van der Waals surface area contributed by atoms with E-state index < -0.39 is 0 Å². The third-order valence-electron chi connectivity index (χ3n) is 3.26. The molecule has 0 unspecified atom stereocenters. The van der Waals surface area contributed by atoms with Crippen LogP contribution in [0.2, 0.25) is 15.1 Å². The highest BCUT2D eigenvalue weighted by Crippen LogP contribution is 2.31. The van der Waals surface area contributed by atoms with Crippen LogP contribution in [0, 0.1) is 0 Å². The van der Waals surface area contributed by atoms with Gasteiger partial charge in [-0.3, -0.25) is 0 Å². The van der Waals surface area contributed by atoms with Crippen molar-refractivity contribution in [3.63, 3.8) is 0 Å². The second-order valence-electron chi connectivity index (χ2n) is 4.94. The Balaban J connectivity index is 1.72. The molecule has 0 saturated carbocycles. The van der Waals surface area contributed by atoms with Crippen molar-refractivity contribution in [1.29, 1.82) is 0 Å². The molecule has 122 valence electrons. The molecule has 0 aliphatic rings. The van der Waals surface area contributed by atoms with E-state index in [1.54, 1.807) is 18.3 Å². The highest BCUT2D eigenvalue weighted by molar-refractivity contribution is 6.43. The van der Waals surface area contributed by atoms with E-state index in [0.717, 1.165) is 5.56 Å². The van der Waals surface area contributed by atoms with Crippen molar-refractivity contribution in [1.82, 2.24) is 9.97 Å². The van der Waals surface area contributed by atoms with Crippen LogP contribution in [-0.4, -0.2) is 9.97 Å². The van der Waals surface area contributed by atoms with Gasteiger partial charge in [-0.25, -0.2) is 4.98 Å². The van der Waals surface area contributed by atoms with Crippen molar-refractivity contribution in [3.05, 3.63) is 75.4 Å². The predicted molar refractivity (Wildman–Crippen MR) is 101 cm³/mol. The van der Waals surface area contributed by atoms with Gasteiger partial charge < -0.3 is 10.6 Å². The van der Waals surface area contributed by atoms with Crippen LogP contribution < -0.4 is 10.6 Å². The first-order valence-corrected chi connectivity index (χ1v) is 8.28. The summed E-state index contributed by atoms with van der Waals surface area (Å²) in [6.45, 7) is 0.529. The molecule has 0 aliphatic carbocycles. The standard InChI is InChI=1S/C17H13Cl3N4/c18-12-5-2-1-4-11(12)10-22-17-21-9-8-15(24-17)23-14-7-3-6-13(19)16(14)20/h1-9H,10H2,(H2,21,22,23,24). The normalized spacial score (nSPS) is 10.5. The van der Waals surface area contributed by atoms with Gasteiger partial charge in [-0.15, -0.1) is 0 Å². The van der Waals surface area contributed by atoms with Gasteiger partial charge in [0, 0.05) is 17.8 Å². The topological polar surface area (TPSA) is 49.8 Å². The van der Waals surface area contributed by atoms with Gasteiger partial charge in [0.25, 0.3) is 0 Å². The number of rotatable bonds is 5. The van der Waals surface area contributed by atoms with Crippen LogP contribution in [0.3, 0.4) is 0 Å². The van der Waals surface area contributed by atoms with Crippen molar-refractivity contribution in [2.45, 2.75) is 6.54 Å². The monoisotopic (exact) mass is 378 g/mol. The molecule has 3 rings (SSSR count).